The third-order valence-corrected chi connectivity index (χ3v) is 4.44. The maximum atomic E-state index is 13.1. The highest BCUT2D eigenvalue weighted by atomic mass is 19.1. The molecule has 0 bridgehead atoms. The van der Waals surface area contributed by atoms with Crippen LogP contribution in [0.15, 0.2) is 53.3 Å². The summed E-state index contributed by atoms with van der Waals surface area (Å²) in [6.45, 7) is 0.916. The van der Waals surface area contributed by atoms with Crippen LogP contribution in [0.2, 0.25) is 0 Å². The van der Waals surface area contributed by atoms with E-state index in [1.165, 1.54) is 41.0 Å². The van der Waals surface area contributed by atoms with Gasteiger partial charge in [0.15, 0.2) is 0 Å². The number of nitrogens with zero attached hydrogens (tertiary/aromatic N) is 4. The van der Waals surface area contributed by atoms with Crippen molar-refractivity contribution < 1.29 is 13.6 Å². The molecule has 142 valence electrons. The van der Waals surface area contributed by atoms with Crippen LogP contribution in [0, 0.1) is 11.6 Å². The molecule has 0 radical (unpaired) electrons. The number of hydrogen-bond donors (Lipinski definition) is 1. The van der Waals surface area contributed by atoms with Gasteiger partial charge in [0, 0.05) is 25.3 Å². The zero-order valence-electron chi connectivity index (χ0n) is 14.6. The van der Waals surface area contributed by atoms with Crippen molar-refractivity contribution in [3.05, 3.63) is 81.8 Å². The molecule has 9 heteroatoms. The average Bonchev–Trinajstić information content (AvgIpc) is 3.13. The first kappa shape index (κ1) is 17.8. The van der Waals surface area contributed by atoms with Crippen LogP contribution >= 0.6 is 0 Å². The van der Waals surface area contributed by atoms with Crippen LogP contribution in [0.1, 0.15) is 16.1 Å². The Balaban J connectivity index is 1.54. The number of halogens is 2. The van der Waals surface area contributed by atoms with Crippen LogP contribution in [0.25, 0.3) is 0 Å². The van der Waals surface area contributed by atoms with Gasteiger partial charge in [-0.1, -0.05) is 12.1 Å². The van der Waals surface area contributed by atoms with Crippen LogP contribution in [-0.4, -0.2) is 27.2 Å². The highest BCUT2D eigenvalue weighted by Gasteiger charge is 2.27. The minimum atomic E-state index is -0.655. The molecular formula is C19H15F2N5O2. The van der Waals surface area contributed by atoms with Gasteiger partial charge in [0.1, 0.15) is 11.6 Å². The van der Waals surface area contributed by atoms with E-state index in [4.69, 9.17) is 0 Å². The second-order valence-corrected chi connectivity index (χ2v) is 6.24. The molecule has 1 N–H and O–H groups in total. The first-order valence-corrected chi connectivity index (χ1v) is 8.56. The Hall–Kier alpha value is -3.62. The molecular weight excluding hydrogens is 368 g/mol. The summed E-state index contributed by atoms with van der Waals surface area (Å²) in [4.78, 5) is 26.7. The number of amides is 1. The fraction of sp³-hybridized carbons (Fsp3) is 0.158. The lowest BCUT2D eigenvalue weighted by atomic mass is 10.2. The molecule has 0 saturated heterocycles. The first-order chi connectivity index (χ1) is 13.5. The molecule has 0 aliphatic carbocycles. The summed E-state index contributed by atoms with van der Waals surface area (Å²) in [6, 6.07) is 11.5. The Morgan fingerprint density at radius 1 is 0.964 bits per heavy atom. The molecule has 3 aromatic rings. The van der Waals surface area contributed by atoms with E-state index in [0.29, 0.717) is 30.3 Å². The molecule has 4 rings (SSSR count). The minimum Gasteiger partial charge on any atom is -0.346 e. The number of fused-ring (bicyclic) bond motifs is 1. The van der Waals surface area contributed by atoms with Crippen molar-refractivity contribution in [3.63, 3.8) is 0 Å². The molecule has 28 heavy (non-hydrogen) atoms. The third kappa shape index (κ3) is 3.34. The van der Waals surface area contributed by atoms with Crippen molar-refractivity contribution in [2.75, 3.05) is 11.4 Å². The predicted octanol–water partition coefficient (Wildman–Crippen LogP) is 2.00. The van der Waals surface area contributed by atoms with Gasteiger partial charge in [-0.3, -0.25) is 14.2 Å². The summed E-state index contributed by atoms with van der Waals surface area (Å²) >= 11 is 0. The molecule has 1 aromatic heterocycles. The third-order valence-electron chi connectivity index (χ3n) is 4.44. The number of carbonyl (C=O) groups excluding carboxylic acids is 1. The van der Waals surface area contributed by atoms with Gasteiger partial charge in [-0.2, -0.15) is 0 Å². The molecule has 0 saturated carbocycles. The van der Waals surface area contributed by atoms with E-state index in [2.05, 4.69) is 15.5 Å². The van der Waals surface area contributed by atoms with Crippen molar-refractivity contribution in [2.24, 2.45) is 0 Å². The largest absolute Gasteiger partial charge is 0.346 e. The predicted molar refractivity (Wildman–Crippen MR) is 97.3 cm³/mol. The summed E-state index contributed by atoms with van der Waals surface area (Å²) in [6.07, 6.45) is 0. The standard InChI is InChI=1S/C19H15F2N5O2/c20-13-3-1-12(2-4-13)11-22-17(27)16-18(28)26-10-9-25(19(26)24-23-16)15-7-5-14(21)6-8-15/h1-8H,9-11H2,(H,22,27). The second-order valence-electron chi connectivity index (χ2n) is 6.24. The van der Waals surface area contributed by atoms with Gasteiger partial charge >= 0.3 is 0 Å². The van der Waals surface area contributed by atoms with Gasteiger partial charge in [-0.15, -0.1) is 10.2 Å². The zero-order valence-corrected chi connectivity index (χ0v) is 14.6. The second kappa shape index (κ2) is 7.18. The van der Waals surface area contributed by atoms with Gasteiger partial charge in [-0.05, 0) is 42.0 Å². The van der Waals surface area contributed by atoms with E-state index in [0.717, 1.165) is 0 Å². The number of rotatable bonds is 4. The number of benzene rings is 2. The Labute approximate surface area is 158 Å². The summed E-state index contributed by atoms with van der Waals surface area (Å²) in [5.74, 6) is -1.09. The lowest BCUT2D eigenvalue weighted by molar-refractivity contribution is 0.0942. The lowest BCUT2D eigenvalue weighted by Gasteiger charge is -2.16. The first-order valence-electron chi connectivity index (χ1n) is 8.56. The molecule has 1 aliphatic heterocycles. The molecule has 0 atom stereocenters. The van der Waals surface area contributed by atoms with Gasteiger partial charge in [0.2, 0.25) is 11.6 Å². The van der Waals surface area contributed by atoms with Crippen molar-refractivity contribution >= 4 is 17.5 Å². The number of carbonyl (C=O) groups is 1. The number of hydrogen-bond acceptors (Lipinski definition) is 5. The van der Waals surface area contributed by atoms with E-state index in [1.54, 1.807) is 17.0 Å². The summed E-state index contributed by atoms with van der Waals surface area (Å²) in [7, 11) is 0. The Kier molecular flexibility index (Phi) is 4.56. The monoisotopic (exact) mass is 383 g/mol. The Morgan fingerprint density at radius 2 is 1.61 bits per heavy atom. The fourth-order valence-electron chi connectivity index (χ4n) is 2.99. The number of anilines is 2. The maximum Gasteiger partial charge on any atom is 0.286 e. The van der Waals surface area contributed by atoms with Crippen molar-refractivity contribution in [3.8, 4) is 0 Å². The molecule has 0 fully saturated rings. The quantitative estimate of drug-likeness (QED) is 0.746. The lowest BCUT2D eigenvalue weighted by Crippen LogP contribution is -2.34. The van der Waals surface area contributed by atoms with E-state index in [1.807, 2.05) is 0 Å². The van der Waals surface area contributed by atoms with Gasteiger partial charge in [0.05, 0.1) is 0 Å². The normalized spacial score (nSPS) is 12.7. The number of aromatic nitrogens is 3. The number of nitrogens with one attached hydrogen (secondary N) is 1. The molecule has 2 aromatic carbocycles. The van der Waals surface area contributed by atoms with E-state index in [9.17, 15) is 18.4 Å². The zero-order chi connectivity index (χ0) is 19.7. The Bertz CT molecular complexity index is 1080. The smallest absolute Gasteiger partial charge is 0.286 e. The van der Waals surface area contributed by atoms with Crippen LogP contribution in [0.3, 0.4) is 0 Å². The van der Waals surface area contributed by atoms with Gasteiger partial charge in [0.25, 0.3) is 11.5 Å². The van der Waals surface area contributed by atoms with Crippen LogP contribution in [-0.2, 0) is 13.1 Å². The summed E-state index contributed by atoms with van der Waals surface area (Å²) < 4.78 is 27.4. The van der Waals surface area contributed by atoms with Crippen LogP contribution < -0.4 is 15.8 Å². The summed E-state index contributed by atoms with van der Waals surface area (Å²) in [5, 5.41) is 10.4. The summed E-state index contributed by atoms with van der Waals surface area (Å²) in [5.41, 5.74) is 0.499. The maximum absolute atomic E-state index is 13.1. The minimum absolute atomic E-state index is 0.129. The molecule has 0 unspecified atom stereocenters. The average molecular weight is 383 g/mol. The van der Waals surface area contributed by atoms with E-state index in [-0.39, 0.29) is 23.9 Å². The van der Waals surface area contributed by atoms with Crippen molar-refractivity contribution in [2.45, 2.75) is 13.1 Å². The van der Waals surface area contributed by atoms with Gasteiger partial charge < -0.3 is 10.2 Å². The van der Waals surface area contributed by atoms with E-state index < -0.39 is 11.5 Å². The molecule has 7 nitrogen and oxygen atoms in total. The highest BCUT2D eigenvalue weighted by Crippen LogP contribution is 2.26. The molecule has 1 amide bonds. The van der Waals surface area contributed by atoms with Crippen LogP contribution in [0.5, 0.6) is 0 Å². The van der Waals surface area contributed by atoms with Crippen molar-refractivity contribution in [1.29, 1.82) is 0 Å². The van der Waals surface area contributed by atoms with Crippen LogP contribution in [0.4, 0.5) is 20.4 Å². The molecule has 1 aliphatic rings. The highest BCUT2D eigenvalue weighted by molar-refractivity contribution is 5.91. The van der Waals surface area contributed by atoms with E-state index >= 15 is 0 Å². The van der Waals surface area contributed by atoms with Crippen molar-refractivity contribution in [1.82, 2.24) is 20.1 Å². The molecule has 0 spiro atoms. The molecule has 2 heterocycles. The topological polar surface area (TPSA) is 80.1 Å². The Morgan fingerprint density at radius 3 is 2.29 bits per heavy atom. The SMILES string of the molecule is O=C(NCc1ccc(F)cc1)c1nnc2n(c1=O)CCN2c1ccc(F)cc1. The fourth-order valence-corrected chi connectivity index (χ4v) is 2.99. The van der Waals surface area contributed by atoms with Gasteiger partial charge in [-0.25, -0.2) is 8.78 Å².